The Morgan fingerprint density at radius 3 is 2.78 bits per heavy atom. The van der Waals surface area contributed by atoms with Gasteiger partial charge in [0.15, 0.2) is 11.5 Å². The molecule has 0 atom stereocenters. The van der Waals surface area contributed by atoms with E-state index in [1.54, 1.807) is 0 Å². The van der Waals surface area contributed by atoms with E-state index in [0.29, 0.717) is 0 Å². The van der Waals surface area contributed by atoms with Crippen LogP contribution in [0.25, 0.3) is 0 Å². The van der Waals surface area contributed by atoms with Gasteiger partial charge in [0.25, 0.3) is 5.13 Å². The van der Waals surface area contributed by atoms with E-state index < -0.39 is 5.97 Å². The summed E-state index contributed by atoms with van der Waals surface area (Å²) < 4.78 is 4.15. The highest BCUT2D eigenvalue weighted by molar-refractivity contribution is 7.75. The van der Waals surface area contributed by atoms with Crippen LogP contribution in [0, 0.1) is 0 Å². The maximum atomic E-state index is 11.3. The van der Waals surface area contributed by atoms with Crippen molar-refractivity contribution < 1.29 is 18.9 Å². The number of carbonyl (C=O) groups excluding carboxylic acids is 2. The number of aliphatic hydroxyl groups excluding tert-OH is 1. The largest absolute Gasteiger partial charge is 0.510 e. The third-order valence-electron chi connectivity index (χ3n) is 2.03. The summed E-state index contributed by atoms with van der Waals surface area (Å²) in [4.78, 5) is 22.3. The molecule has 0 aromatic carbocycles. The van der Waals surface area contributed by atoms with Crippen LogP contribution in [0.15, 0.2) is 21.7 Å². The molecule has 1 heterocycles. The number of nitrogens with zero attached hydrogens (tertiary/aromatic N) is 4. The Labute approximate surface area is 110 Å². The minimum absolute atomic E-state index is 0.0325. The SMILES string of the molecule is O=C1CCC(O)=C1N=Nc1nnc(C(=O)OS)s1. The quantitative estimate of drug-likeness (QED) is 0.497. The zero-order valence-electron chi connectivity index (χ0n) is 8.73. The topological polar surface area (TPSA) is 114 Å². The first-order valence-electron chi connectivity index (χ1n) is 4.68. The number of thiol groups is 1. The van der Waals surface area contributed by atoms with Crippen LogP contribution in [-0.2, 0) is 8.98 Å². The van der Waals surface area contributed by atoms with Crippen molar-refractivity contribution in [2.75, 3.05) is 0 Å². The summed E-state index contributed by atoms with van der Waals surface area (Å²) in [5.41, 5.74) is -0.0801. The molecule has 2 rings (SSSR count). The molecule has 8 nitrogen and oxygen atoms in total. The lowest BCUT2D eigenvalue weighted by Gasteiger charge is -1.89. The van der Waals surface area contributed by atoms with Gasteiger partial charge in [-0.3, -0.25) is 4.79 Å². The third kappa shape index (κ3) is 2.54. The molecule has 0 aliphatic heterocycles. The predicted octanol–water partition coefficient (Wildman–Crippen LogP) is 1.76. The zero-order chi connectivity index (χ0) is 13.1. The molecule has 0 amide bonds. The number of rotatable bonds is 3. The van der Waals surface area contributed by atoms with E-state index in [9.17, 15) is 14.7 Å². The van der Waals surface area contributed by atoms with Crippen molar-refractivity contribution in [2.45, 2.75) is 12.8 Å². The molecule has 0 saturated heterocycles. The molecule has 0 spiro atoms. The number of ketones is 1. The lowest BCUT2D eigenvalue weighted by Crippen LogP contribution is -1.96. The van der Waals surface area contributed by atoms with E-state index in [1.807, 2.05) is 0 Å². The molecule has 0 fully saturated rings. The molecule has 1 aromatic rings. The second-order valence-electron chi connectivity index (χ2n) is 3.19. The van der Waals surface area contributed by atoms with Crippen molar-refractivity contribution in [3.05, 3.63) is 16.5 Å². The highest BCUT2D eigenvalue weighted by Crippen LogP contribution is 2.25. The van der Waals surface area contributed by atoms with Crippen molar-refractivity contribution in [3.63, 3.8) is 0 Å². The van der Waals surface area contributed by atoms with Crippen LogP contribution >= 0.6 is 24.2 Å². The lowest BCUT2D eigenvalue weighted by molar-refractivity contribution is -0.115. The van der Waals surface area contributed by atoms with Crippen molar-refractivity contribution in [1.29, 1.82) is 0 Å². The van der Waals surface area contributed by atoms with Crippen molar-refractivity contribution >= 4 is 41.1 Å². The molecule has 1 N–H and O–H groups in total. The summed E-state index contributed by atoms with van der Waals surface area (Å²) >= 11 is 4.16. The van der Waals surface area contributed by atoms with E-state index in [1.165, 1.54) is 0 Å². The Hall–Kier alpha value is -1.81. The molecule has 0 saturated carbocycles. The molecule has 94 valence electrons. The maximum absolute atomic E-state index is 11.3. The summed E-state index contributed by atoms with van der Waals surface area (Å²) in [6.45, 7) is 0. The van der Waals surface area contributed by atoms with Crippen molar-refractivity contribution in [2.24, 2.45) is 10.2 Å². The molecule has 1 aliphatic carbocycles. The van der Waals surface area contributed by atoms with Crippen LogP contribution in [0.4, 0.5) is 5.13 Å². The normalized spacial score (nSPS) is 15.7. The van der Waals surface area contributed by atoms with Gasteiger partial charge in [0.05, 0.1) is 0 Å². The number of hydrogen-bond donors (Lipinski definition) is 2. The molecular weight excluding hydrogens is 280 g/mol. The van der Waals surface area contributed by atoms with Gasteiger partial charge in [-0.15, -0.1) is 20.4 Å². The predicted molar refractivity (Wildman–Crippen MR) is 62.7 cm³/mol. The summed E-state index contributed by atoms with van der Waals surface area (Å²) in [6.07, 6.45) is 0.480. The molecule has 0 bridgehead atoms. The smallest absolute Gasteiger partial charge is 0.381 e. The van der Waals surface area contributed by atoms with Gasteiger partial charge in [0, 0.05) is 25.8 Å². The zero-order valence-corrected chi connectivity index (χ0v) is 10.4. The number of carbonyl (C=O) groups is 2. The second-order valence-corrected chi connectivity index (χ2v) is 4.33. The molecule has 0 radical (unpaired) electrons. The molecule has 0 unspecified atom stereocenters. The van der Waals surface area contributed by atoms with Gasteiger partial charge < -0.3 is 9.29 Å². The van der Waals surface area contributed by atoms with Gasteiger partial charge in [-0.1, -0.05) is 11.3 Å². The number of allylic oxidation sites excluding steroid dienone is 2. The number of Topliss-reactive ketones (excluding diaryl/α,β-unsaturated/α-hetero) is 1. The standard InChI is InChI=1S/C8H6N4O4S2/c13-3-1-2-4(14)5(3)9-11-8-12-10-6(18-8)7(15)16-17/h13,17H,1-2H2. The van der Waals surface area contributed by atoms with Crippen molar-refractivity contribution in [1.82, 2.24) is 10.2 Å². The number of aliphatic hydroxyl groups is 1. The fourth-order valence-corrected chi connectivity index (χ4v) is 1.90. The van der Waals surface area contributed by atoms with E-state index in [4.69, 9.17) is 0 Å². The van der Waals surface area contributed by atoms with Crippen LogP contribution in [0.5, 0.6) is 0 Å². The minimum atomic E-state index is -0.753. The van der Waals surface area contributed by atoms with E-state index >= 15 is 0 Å². The van der Waals surface area contributed by atoms with Gasteiger partial charge >= 0.3 is 5.97 Å². The average molecular weight is 286 g/mol. The van der Waals surface area contributed by atoms with Gasteiger partial charge in [-0.25, -0.2) is 4.79 Å². The van der Waals surface area contributed by atoms with Crippen LogP contribution in [0.3, 0.4) is 0 Å². The van der Waals surface area contributed by atoms with Gasteiger partial charge in [-0.2, -0.15) is 0 Å². The highest BCUT2D eigenvalue weighted by Gasteiger charge is 2.23. The van der Waals surface area contributed by atoms with E-state index in [2.05, 4.69) is 37.5 Å². The van der Waals surface area contributed by atoms with Gasteiger partial charge in [0.1, 0.15) is 5.76 Å². The first kappa shape index (κ1) is 12.6. The second kappa shape index (κ2) is 5.23. The third-order valence-corrected chi connectivity index (χ3v) is 2.99. The first-order valence-corrected chi connectivity index (χ1v) is 5.86. The molecule has 1 aliphatic rings. The first-order chi connectivity index (χ1) is 8.61. The average Bonchev–Trinajstić information content (AvgIpc) is 2.95. The fraction of sp³-hybridized carbons (Fsp3) is 0.250. The number of azo groups is 1. The fourth-order valence-electron chi connectivity index (χ4n) is 1.21. The monoisotopic (exact) mass is 286 g/mol. The maximum Gasteiger partial charge on any atom is 0.381 e. The minimum Gasteiger partial charge on any atom is -0.510 e. The Morgan fingerprint density at radius 2 is 2.17 bits per heavy atom. The van der Waals surface area contributed by atoms with Gasteiger partial charge in [0.2, 0.25) is 5.01 Å². The molecule has 1 aromatic heterocycles. The summed E-state index contributed by atoms with van der Waals surface area (Å²) in [7, 11) is 0. The lowest BCUT2D eigenvalue weighted by atomic mass is 10.3. The Balaban J connectivity index is 2.15. The van der Waals surface area contributed by atoms with Crippen LogP contribution in [0.1, 0.15) is 22.6 Å². The highest BCUT2D eigenvalue weighted by atomic mass is 32.1. The van der Waals surface area contributed by atoms with E-state index in [0.717, 1.165) is 11.3 Å². The molecular formula is C8H6N4O4S2. The summed E-state index contributed by atoms with van der Waals surface area (Å²) in [6, 6.07) is 0. The van der Waals surface area contributed by atoms with Gasteiger partial charge in [-0.05, 0) is 0 Å². The van der Waals surface area contributed by atoms with Crippen molar-refractivity contribution in [3.8, 4) is 0 Å². The Kier molecular flexibility index (Phi) is 3.67. The Bertz CT molecular complexity index is 565. The summed E-state index contributed by atoms with van der Waals surface area (Å²) in [5, 5.41) is 23.7. The number of hydrogen-bond acceptors (Lipinski definition) is 10. The Morgan fingerprint density at radius 1 is 1.39 bits per heavy atom. The van der Waals surface area contributed by atoms with E-state index in [-0.39, 0.29) is 40.2 Å². The van der Waals surface area contributed by atoms with Crippen LogP contribution in [0.2, 0.25) is 0 Å². The molecule has 10 heteroatoms. The van der Waals surface area contributed by atoms with Crippen LogP contribution < -0.4 is 0 Å². The molecule has 18 heavy (non-hydrogen) atoms. The van der Waals surface area contributed by atoms with Crippen LogP contribution in [-0.4, -0.2) is 27.1 Å². The number of aromatic nitrogens is 2. The summed E-state index contributed by atoms with van der Waals surface area (Å²) in [5.74, 6) is -1.13.